The number of hydrogen-bond acceptors (Lipinski definition) is 2. The van der Waals surface area contributed by atoms with Gasteiger partial charge in [0.2, 0.25) is 5.91 Å². The van der Waals surface area contributed by atoms with E-state index in [0.29, 0.717) is 0 Å². The third kappa shape index (κ3) is 6.49. The molecule has 0 radical (unpaired) electrons. The molecule has 1 aromatic rings. The molecule has 1 unspecified atom stereocenters. The molecule has 0 fully saturated rings. The molecule has 0 saturated carbocycles. The van der Waals surface area contributed by atoms with Gasteiger partial charge in [-0.25, -0.2) is 0 Å². The van der Waals surface area contributed by atoms with Gasteiger partial charge in [-0.2, -0.15) is 0 Å². The number of carbonyl (C=O) groups excluding carboxylic acids is 1. The second-order valence-electron chi connectivity index (χ2n) is 5.45. The SMILES string of the molecule is CCCC(Cc1ccccc1)N(CCC)C(=O)[C@H](C)N.Cl. The largest absolute Gasteiger partial charge is 0.338 e. The molecular weight excluding hydrogens is 284 g/mol. The van der Waals surface area contributed by atoms with E-state index in [2.05, 4.69) is 38.1 Å². The maximum atomic E-state index is 12.3. The van der Waals surface area contributed by atoms with Gasteiger partial charge in [0.1, 0.15) is 0 Å². The van der Waals surface area contributed by atoms with Gasteiger partial charge in [-0.05, 0) is 31.7 Å². The Kier molecular flexibility index (Phi) is 10.1. The normalized spacial score (nSPS) is 13.1. The Labute approximate surface area is 135 Å². The first-order chi connectivity index (χ1) is 9.60. The van der Waals surface area contributed by atoms with Crippen molar-refractivity contribution in [3.05, 3.63) is 35.9 Å². The van der Waals surface area contributed by atoms with Crippen LogP contribution in [0.25, 0.3) is 0 Å². The van der Waals surface area contributed by atoms with Crippen molar-refractivity contribution in [1.82, 2.24) is 4.90 Å². The molecule has 0 bridgehead atoms. The molecule has 2 N–H and O–H groups in total. The number of nitrogens with two attached hydrogens (primary N) is 1. The highest BCUT2D eigenvalue weighted by atomic mass is 35.5. The van der Waals surface area contributed by atoms with Crippen molar-refractivity contribution in [2.75, 3.05) is 6.54 Å². The van der Waals surface area contributed by atoms with Crippen molar-refractivity contribution < 1.29 is 4.79 Å². The van der Waals surface area contributed by atoms with Gasteiger partial charge < -0.3 is 10.6 Å². The first-order valence-electron chi connectivity index (χ1n) is 7.70. The summed E-state index contributed by atoms with van der Waals surface area (Å²) in [6, 6.07) is 10.2. The molecule has 3 nitrogen and oxygen atoms in total. The smallest absolute Gasteiger partial charge is 0.239 e. The lowest BCUT2D eigenvalue weighted by atomic mass is 9.99. The number of amides is 1. The minimum Gasteiger partial charge on any atom is -0.338 e. The number of nitrogens with zero attached hydrogens (tertiary/aromatic N) is 1. The van der Waals surface area contributed by atoms with Crippen LogP contribution < -0.4 is 5.73 Å². The lowest BCUT2D eigenvalue weighted by Crippen LogP contribution is -2.48. The monoisotopic (exact) mass is 312 g/mol. The van der Waals surface area contributed by atoms with Gasteiger partial charge >= 0.3 is 0 Å². The Hall–Kier alpha value is -1.06. The molecule has 0 aliphatic heterocycles. The Bertz CT molecular complexity index is 395. The minimum absolute atomic E-state index is 0. The van der Waals surface area contributed by atoms with Crippen molar-refractivity contribution in [3.8, 4) is 0 Å². The van der Waals surface area contributed by atoms with Crippen LogP contribution in [0.2, 0.25) is 0 Å². The van der Waals surface area contributed by atoms with E-state index in [9.17, 15) is 4.79 Å². The van der Waals surface area contributed by atoms with E-state index in [4.69, 9.17) is 5.73 Å². The zero-order chi connectivity index (χ0) is 15.0. The van der Waals surface area contributed by atoms with Crippen LogP contribution in [0.1, 0.15) is 45.6 Å². The average molecular weight is 313 g/mol. The Morgan fingerprint density at radius 3 is 2.29 bits per heavy atom. The van der Waals surface area contributed by atoms with Crippen molar-refractivity contribution in [2.24, 2.45) is 5.73 Å². The maximum absolute atomic E-state index is 12.3. The van der Waals surface area contributed by atoms with Gasteiger partial charge in [0.15, 0.2) is 0 Å². The standard InChI is InChI=1S/C17H28N2O.ClH/c1-4-9-16(13-15-10-7-6-8-11-15)19(12-5-2)17(20)14(3)18;/h6-8,10-11,14,16H,4-5,9,12-13,18H2,1-3H3;1H/t14-,16?;/m0./s1. The lowest BCUT2D eigenvalue weighted by Gasteiger charge is -2.33. The third-order valence-corrected chi connectivity index (χ3v) is 3.51. The summed E-state index contributed by atoms with van der Waals surface area (Å²) in [5.41, 5.74) is 7.09. The molecule has 0 saturated heterocycles. The van der Waals surface area contributed by atoms with Crippen LogP contribution in [0.5, 0.6) is 0 Å². The molecule has 2 atom stereocenters. The fraction of sp³-hybridized carbons (Fsp3) is 0.588. The lowest BCUT2D eigenvalue weighted by molar-refractivity contribution is -0.134. The zero-order valence-electron chi connectivity index (χ0n) is 13.4. The first kappa shape index (κ1) is 19.9. The summed E-state index contributed by atoms with van der Waals surface area (Å²) in [5.74, 6) is 0.0706. The van der Waals surface area contributed by atoms with Crippen LogP contribution in [-0.2, 0) is 11.2 Å². The summed E-state index contributed by atoms with van der Waals surface area (Å²) in [5, 5.41) is 0. The van der Waals surface area contributed by atoms with Crippen LogP contribution in [0.15, 0.2) is 30.3 Å². The second kappa shape index (κ2) is 10.6. The van der Waals surface area contributed by atoms with Gasteiger partial charge in [0, 0.05) is 12.6 Å². The molecule has 21 heavy (non-hydrogen) atoms. The molecule has 4 heteroatoms. The fourth-order valence-electron chi connectivity index (χ4n) is 2.56. The summed E-state index contributed by atoms with van der Waals surface area (Å²) in [6.07, 6.45) is 3.97. The van der Waals surface area contributed by atoms with Gasteiger partial charge in [-0.3, -0.25) is 4.79 Å². The van der Waals surface area contributed by atoms with Crippen LogP contribution in [0.4, 0.5) is 0 Å². The molecule has 0 aromatic heterocycles. The molecule has 0 heterocycles. The topological polar surface area (TPSA) is 46.3 Å². The van der Waals surface area contributed by atoms with Gasteiger partial charge in [0.25, 0.3) is 0 Å². The molecule has 1 aromatic carbocycles. The second-order valence-corrected chi connectivity index (χ2v) is 5.45. The van der Waals surface area contributed by atoms with E-state index in [1.165, 1.54) is 5.56 Å². The van der Waals surface area contributed by atoms with E-state index in [0.717, 1.165) is 32.2 Å². The van der Waals surface area contributed by atoms with E-state index >= 15 is 0 Å². The summed E-state index contributed by atoms with van der Waals surface area (Å²) in [7, 11) is 0. The van der Waals surface area contributed by atoms with Crippen LogP contribution in [0, 0.1) is 0 Å². The molecular formula is C17H29ClN2O. The van der Waals surface area contributed by atoms with Crippen molar-refractivity contribution in [1.29, 1.82) is 0 Å². The quantitative estimate of drug-likeness (QED) is 0.799. The molecule has 0 aliphatic rings. The van der Waals surface area contributed by atoms with E-state index < -0.39 is 6.04 Å². The number of hydrogen-bond donors (Lipinski definition) is 1. The Morgan fingerprint density at radius 2 is 1.81 bits per heavy atom. The maximum Gasteiger partial charge on any atom is 0.239 e. The molecule has 0 spiro atoms. The van der Waals surface area contributed by atoms with Crippen LogP contribution >= 0.6 is 12.4 Å². The van der Waals surface area contributed by atoms with E-state index in [1.54, 1.807) is 6.92 Å². The summed E-state index contributed by atoms with van der Waals surface area (Å²) in [4.78, 5) is 14.3. The van der Waals surface area contributed by atoms with Crippen molar-refractivity contribution in [2.45, 2.75) is 58.5 Å². The van der Waals surface area contributed by atoms with Gasteiger partial charge in [-0.15, -0.1) is 12.4 Å². The van der Waals surface area contributed by atoms with Crippen molar-refractivity contribution >= 4 is 18.3 Å². The summed E-state index contributed by atoms with van der Waals surface area (Å²) in [6.45, 7) is 6.83. The Balaban J connectivity index is 0.00000400. The van der Waals surface area contributed by atoms with E-state index in [-0.39, 0.29) is 24.4 Å². The van der Waals surface area contributed by atoms with Crippen LogP contribution in [0.3, 0.4) is 0 Å². The summed E-state index contributed by atoms with van der Waals surface area (Å²) >= 11 is 0. The molecule has 1 amide bonds. The molecule has 120 valence electrons. The highest BCUT2D eigenvalue weighted by Gasteiger charge is 2.24. The first-order valence-corrected chi connectivity index (χ1v) is 7.70. The Morgan fingerprint density at radius 1 is 1.19 bits per heavy atom. The van der Waals surface area contributed by atoms with Gasteiger partial charge in [0.05, 0.1) is 6.04 Å². The minimum atomic E-state index is -0.420. The average Bonchev–Trinajstić information content (AvgIpc) is 2.44. The number of rotatable bonds is 8. The highest BCUT2D eigenvalue weighted by Crippen LogP contribution is 2.15. The number of halogens is 1. The van der Waals surface area contributed by atoms with Crippen molar-refractivity contribution in [3.63, 3.8) is 0 Å². The third-order valence-electron chi connectivity index (χ3n) is 3.51. The predicted octanol–water partition coefficient (Wildman–Crippen LogP) is 3.41. The van der Waals surface area contributed by atoms with Crippen LogP contribution in [-0.4, -0.2) is 29.4 Å². The highest BCUT2D eigenvalue weighted by molar-refractivity contribution is 5.85. The molecule has 1 rings (SSSR count). The zero-order valence-corrected chi connectivity index (χ0v) is 14.2. The predicted molar refractivity (Wildman–Crippen MR) is 91.7 cm³/mol. The number of benzene rings is 1. The molecule has 0 aliphatic carbocycles. The fourth-order valence-corrected chi connectivity index (χ4v) is 2.56. The summed E-state index contributed by atoms with van der Waals surface area (Å²) < 4.78 is 0. The number of carbonyl (C=O) groups is 1. The van der Waals surface area contributed by atoms with Gasteiger partial charge in [-0.1, -0.05) is 50.6 Å². The van der Waals surface area contributed by atoms with E-state index in [1.807, 2.05) is 11.0 Å².